The summed E-state index contributed by atoms with van der Waals surface area (Å²) in [6, 6.07) is 20.8. The van der Waals surface area contributed by atoms with Crippen LogP contribution in [0.1, 0.15) is 29.5 Å². The van der Waals surface area contributed by atoms with E-state index in [1.807, 2.05) is 55.5 Å². The normalized spacial score (nSPS) is 19.5. The van der Waals surface area contributed by atoms with Crippen molar-refractivity contribution in [2.45, 2.75) is 30.1 Å². The molecule has 1 atom stereocenters. The second-order valence-electron chi connectivity index (χ2n) is 9.01. The maximum absolute atomic E-state index is 13.5. The van der Waals surface area contributed by atoms with Gasteiger partial charge in [-0.3, -0.25) is 9.30 Å². The lowest BCUT2D eigenvalue weighted by Gasteiger charge is -2.42. The molecule has 3 aromatic rings. The number of para-hydroxylation sites is 1. The first-order chi connectivity index (χ1) is 16.8. The van der Waals surface area contributed by atoms with Gasteiger partial charge < -0.3 is 9.47 Å². The van der Waals surface area contributed by atoms with Crippen LogP contribution in [-0.4, -0.2) is 39.2 Å². The predicted octanol–water partition coefficient (Wildman–Crippen LogP) is 5.38. The fraction of sp³-hybridized carbons (Fsp3) is 0.250. The molecule has 180 valence electrons. The summed E-state index contributed by atoms with van der Waals surface area (Å²) < 4.78 is 39.4. The summed E-state index contributed by atoms with van der Waals surface area (Å²) in [6.45, 7) is 6.49. The van der Waals surface area contributed by atoms with Gasteiger partial charge in [-0.05, 0) is 55.3 Å². The first-order valence-corrected chi connectivity index (χ1v) is 12.9. The molecule has 3 aromatic carbocycles. The molecule has 2 aliphatic rings. The number of rotatable bonds is 5. The molecule has 2 heterocycles. The second kappa shape index (κ2) is 8.57. The van der Waals surface area contributed by atoms with E-state index in [0.717, 1.165) is 28.1 Å². The average molecular weight is 489 g/mol. The standard InChI is InChI=1S/C28H28N2O4S/c1-19-9-12-22(13-10-19)35(31,32)30-16-15-28(18-20(30)2)23-7-5-6-8-24(23)29-27(28)21-11-14-25(33-3)26(17-21)34-4/h5-14,17H,2,15-16,18H2,1,3-4H3. The van der Waals surface area contributed by atoms with Gasteiger partial charge in [0, 0.05) is 29.6 Å². The van der Waals surface area contributed by atoms with E-state index in [1.165, 1.54) is 4.31 Å². The summed E-state index contributed by atoms with van der Waals surface area (Å²) in [6.07, 6.45) is 1.03. The van der Waals surface area contributed by atoms with Crippen molar-refractivity contribution < 1.29 is 17.9 Å². The third-order valence-corrected chi connectivity index (χ3v) is 8.86. The SMILES string of the molecule is C=C1CC2(CCN1S(=O)(=O)c1ccc(C)cc1)C(c1ccc(OC)c(OC)c1)=Nc1ccccc12. The fourth-order valence-corrected chi connectivity index (χ4v) is 6.66. The Bertz CT molecular complexity index is 1440. The predicted molar refractivity (Wildman–Crippen MR) is 137 cm³/mol. The fourth-order valence-electron chi connectivity index (χ4n) is 5.19. The number of aryl methyl sites for hydroxylation is 1. The number of sulfonamides is 1. The molecule has 1 saturated heterocycles. The highest BCUT2D eigenvalue weighted by atomic mass is 32.2. The second-order valence-corrected chi connectivity index (χ2v) is 10.9. The van der Waals surface area contributed by atoms with Gasteiger partial charge in [0.15, 0.2) is 11.5 Å². The minimum atomic E-state index is -3.70. The lowest BCUT2D eigenvalue weighted by molar-refractivity contribution is 0.345. The van der Waals surface area contributed by atoms with Gasteiger partial charge in [0.25, 0.3) is 10.0 Å². The van der Waals surface area contributed by atoms with E-state index < -0.39 is 15.4 Å². The van der Waals surface area contributed by atoms with Gasteiger partial charge in [0.1, 0.15) is 0 Å². The van der Waals surface area contributed by atoms with Gasteiger partial charge in [0.2, 0.25) is 0 Å². The molecular formula is C28H28N2O4S. The van der Waals surface area contributed by atoms with E-state index in [-0.39, 0.29) is 4.90 Å². The van der Waals surface area contributed by atoms with Crippen LogP contribution in [-0.2, 0) is 15.4 Å². The zero-order chi connectivity index (χ0) is 24.8. The summed E-state index contributed by atoms with van der Waals surface area (Å²) in [5, 5.41) is 0. The van der Waals surface area contributed by atoms with Crippen LogP contribution in [0.5, 0.6) is 11.5 Å². The molecule has 1 unspecified atom stereocenters. The monoisotopic (exact) mass is 488 g/mol. The molecule has 1 spiro atoms. The number of allylic oxidation sites excluding steroid dienone is 1. The van der Waals surface area contributed by atoms with Crippen molar-refractivity contribution in [1.29, 1.82) is 0 Å². The molecule has 7 heteroatoms. The number of piperidine rings is 1. The molecule has 0 N–H and O–H groups in total. The van der Waals surface area contributed by atoms with Crippen molar-refractivity contribution in [2.75, 3.05) is 20.8 Å². The number of hydrogen-bond acceptors (Lipinski definition) is 5. The molecule has 35 heavy (non-hydrogen) atoms. The van der Waals surface area contributed by atoms with Gasteiger partial charge in [0.05, 0.1) is 30.5 Å². The Balaban J connectivity index is 1.55. The van der Waals surface area contributed by atoms with Gasteiger partial charge in [-0.15, -0.1) is 0 Å². The minimum Gasteiger partial charge on any atom is -0.493 e. The highest BCUT2D eigenvalue weighted by Gasteiger charge is 2.49. The third kappa shape index (κ3) is 3.71. The molecule has 5 rings (SSSR count). The van der Waals surface area contributed by atoms with E-state index in [0.29, 0.717) is 36.6 Å². The highest BCUT2D eigenvalue weighted by molar-refractivity contribution is 7.89. The quantitative estimate of drug-likeness (QED) is 0.483. The van der Waals surface area contributed by atoms with Crippen LogP contribution in [0.15, 0.2) is 88.9 Å². The summed E-state index contributed by atoms with van der Waals surface area (Å²) in [7, 11) is -0.479. The summed E-state index contributed by atoms with van der Waals surface area (Å²) in [4.78, 5) is 5.31. The lowest BCUT2D eigenvalue weighted by atomic mass is 9.68. The van der Waals surface area contributed by atoms with Crippen LogP contribution in [0.3, 0.4) is 0 Å². The number of nitrogens with zero attached hydrogens (tertiary/aromatic N) is 2. The molecule has 0 saturated carbocycles. The van der Waals surface area contributed by atoms with Gasteiger partial charge in [-0.25, -0.2) is 8.42 Å². The zero-order valence-electron chi connectivity index (χ0n) is 20.1. The number of aliphatic imine (C=N–C) groups is 1. The largest absolute Gasteiger partial charge is 0.493 e. The molecule has 0 aliphatic carbocycles. The van der Waals surface area contributed by atoms with Crippen molar-refractivity contribution in [3.63, 3.8) is 0 Å². The van der Waals surface area contributed by atoms with Gasteiger partial charge in [-0.1, -0.05) is 42.5 Å². The number of fused-ring (bicyclic) bond motifs is 2. The topological polar surface area (TPSA) is 68.2 Å². The molecule has 2 aliphatic heterocycles. The Morgan fingerprint density at radius 3 is 2.37 bits per heavy atom. The van der Waals surface area contributed by atoms with E-state index >= 15 is 0 Å². The Morgan fingerprint density at radius 1 is 0.971 bits per heavy atom. The number of hydrogen-bond donors (Lipinski definition) is 0. The van der Waals surface area contributed by atoms with Crippen molar-refractivity contribution in [2.24, 2.45) is 4.99 Å². The van der Waals surface area contributed by atoms with Crippen molar-refractivity contribution in [1.82, 2.24) is 4.31 Å². The molecule has 0 aromatic heterocycles. The van der Waals surface area contributed by atoms with E-state index in [4.69, 9.17) is 14.5 Å². The Morgan fingerprint density at radius 2 is 1.69 bits per heavy atom. The zero-order valence-corrected chi connectivity index (χ0v) is 20.9. The molecule has 0 amide bonds. The van der Waals surface area contributed by atoms with Crippen molar-refractivity contribution in [3.8, 4) is 11.5 Å². The van der Waals surface area contributed by atoms with Crippen LogP contribution >= 0.6 is 0 Å². The van der Waals surface area contributed by atoms with Crippen LogP contribution in [0.4, 0.5) is 5.69 Å². The van der Waals surface area contributed by atoms with E-state index in [2.05, 4.69) is 12.6 Å². The number of methoxy groups -OCH3 is 2. The molecule has 1 fully saturated rings. The Kier molecular flexibility index (Phi) is 5.68. The van der Waals surface area contributed by atoms with Crippen LogP contribution in [0, 0.1) is 6.92 Å². The van der Waals surface area contributed by atoms with E-state index in [1.54, 1.807) is 26.4 Å². The van der Waals surface area contributed by atoms with Gasteiger partial charge >= 0.3 is 0 Å². The third-order valence-electron chi connectivity index (χ3n) is 6.97. The van der Waals surface area contributed by atoms with Crippen molar-refractivity contribution in [3.05, 3.63) is 95.7 Å². The first kappa shape index (κ1) is 23.2. The molecule has 0 radical (unpaired) electrons. The van der Waals surface area contributed by atoms with Crippen LogP contribution in [0.25, 0.3) is 0 Å². The van der Waals surface area contributed by atoms with Gasteiger partial charge in [-0.2, -0.15) is 0 Å². The average Bonchev–Trinajstić information content (AvgIpc) is 3.17. The Hall–Kier alpha value is -3.58. The van der Waals surface area contributed by atoms with Crippen LogP contribution < -0.4 is 9.47 Å². The highest BCUT2D eigenvalue weighted by Crippen LogP contribution is 2.51. The first-order valence-electron chi connectivity index (χ1n) is 11.5. The molecular weight excluding hydrogens is 460 g/mol. The van der Waals surface area contributed by atoms with Crippen LogP contribution in [0.2, 0.25) is 0 Å². The maximum Gasteiger partial charge on any atom is 0.264 e. The minimum absolute atomic E-state index is 0.279. The lowest BCUT2D eigenvalue weighted by Crippen LogP contribution is -2.46. The smallest absolute Gasteiger partial charge is 0.264 e. The summed E-state index contributed by atoms with van der Waals surface area (Å²) in [5.41, 5.74) is 4.90. The molecule has 6 nitrogen and oxygen atoms in total. The Labute approximate surface area is 206 Å². The van der Waals surface area contributed by atoms with E-state index in [9.17, 15) is 8.42 Å². The number of ether oxygens (including phenoxy) is 2. The molecule has 0 bridgehead atoms. The summed E-state index contributed by atoms with van der Waals surface area (Å²) in [5.74, 6) is 1.27. The van der Waals surface area contributed by atoms with Crippen molar-refractivity contribution >= 4 is 21.4 Å². The summed E-state index contributed by atoms with van der Waals surface area (Å²) >= 11 is 0. The maximum atomic E-state index is 13.5. The number of benzene rings is 3.